The summed E-state index contributed by atoms with van der Waals surface area (Å²) in [4.78, 5) is 26.0. The van der Waals surface area contributed by atoms with Crippen molar-refractivity contribution in [2.45, 2.75) is 37.8 Å². The van der Waals surface area contributed by atoms with Crippen molar-refractivity contribution in [1.82, 2.24) is 14.9 Å². The van der Waals surface area contributed by atoms with E-state index < -0.39 is 15.9 Å². The van der Waals surface area contributed by atoms with Crippen molar-refractivity contribution >= 4 is 21.8 Å². The van der Waals surface area contributed by atoms with Gasteiger partial charge in [0, 0.05) is 32.6 Å². The van der Waals surface area contributed by atoms with Crippen LogP contribution in [0, 0.1) is 0 Å². The van der Waals surface area contributed by atoms with Crippen molar-refractivity contribution in [3.05, 3.63) is 59.2 Å². The zero-order chi connectivity index (χ0) is 22.4. The van der Waals surface area contributed by atoms with Gasteiger partial charge >= 0.3 is 0 Å². The van der Waals surface area contributed by atoms with Crippen molar-refractivity contribution < 1.29 is 22.7 Å². The summed E-state index contributed by atoms with van der Waals surface area (Å²) < 4.78 is 33.6. The Morgan fingerprint density at radius 1 is 1.16 bits per heavy atom. The summed E-state index contributed by atoms with van der Waals surface area (Å²) in [6.45, 7) is 3.43. The van der Waals surface area contributed by atoms with E-state index >= 15 is 0 Å². The van der Waals surface area contributed by atoms with Crippen LogP contribution in [0.2, 0.25) is 0 Å². The average Bonchev–Trinajstić information content (AvgIpc) is 3.17. The van der Waals surface area contributed by atoms with Crippen LogP contribution in [-0.4, -0.2) is 45.3 Å². The fourth-order valence-corrected chi connectivity index (χ4v) is 4.54. The summed E-state index contributed by atoms with van der Waals surface area (Å²) in [6, 6.07) is 11.6. The number of hydrogen-bond donors (Lipinski definition) is 2. The Morgan fingerprint density at radius 2 is 1.90 bits per heavy atom. The molecule has 0 bridgehead atoms. The zero-order valence-electron chi connectivity index (χ0n) is 17.7. The molecule has 2 aromatic carbocycles. The maximum Gasteiger partial charge on any atom is 0.255 e. The second kappa shape index (κ2) is 9.93. The van der Waals surface area contributed by atoms with E-state index in [1.807, 2.05) is 24.3 Å². The molecule has 1 aliphatic rings. The van der Waals surface area contributed by atoms with Crippen LogP contribution >= 0.6 is 0 Å². The first kappa shape index (κ1) is 22.8. The highest BCUT2D eigenvalue weighted by molar-refractivity contribution is 7.89. The third kappa shape index (κ3) is 5.42. The van der Waals surface area contributed by atoms with E-state index in [0.29, 0.717) is 31.8 Å². The van der Waals surface area contributed by atoms with E-state index in [2.05, 4.69) is 10.0 Å². The number of ether oxygens (including phenoxy) is 1. The van der Waals surface area contributed by atoms with Crippen molar-refractivity contribution in [1.29, 1.82) is 0 Å². The van der Waals surface area contributed by atoms with Gasteiger partial charge in [-0.05, 0) is 42.7 Å². The van der Waals surface area contributed by atoms with E-state index in [4.69, 9.17) is 4.74 Å². The SMILES string of the molecule is CCNC(=O)c1cc(S(=O)(=O)NCc2ccccc2CN2CCCC2=O)ccc1OC. The largest absolute Gasteiger partial charge is 0.496 e. The maximum atomic E-state index is 12.9. The third-order valence-electron chi connectivity index (χ3n) is 5.17. The lowest BCUT2D eigenvalue weighted by molar-refractivity contribution is -0.128. The smallest absolute Gasteiger partial charge is 0.255 e. The number of likely N-dealkylation sites (tertiary alicyclic amines) is 1. The molecule has 2 N–H and O–H groups in total. The highest BCUT2D eigenvalue weighted by atomic mass is 32.2. The van der Waals surface area contributed by atoms with Gasteiger partial charge in [0.1, 0.15) is 5.75 Å². The van der Waals surface area contributed by atoms with Crippen molar-refractivity contribution in [3.8, 4) is 5.75 Å². The lowest BCUT2D eigenvalue weighted by Crippen LogP contribution is -2.27. The molecule has 0 spiro atoms. The van der Waals surface area contributed by atoms with Gasteiger partial charge < -0.3 is 15.0 Å². The number of hydrogen-bond acceptors (Lipinski definition) is 5. The fourth-order valence-electron chi connectivity index (χ4n) is 3.50. The standard InChI is InChI=1S/C22H27N3O5S/c1-3-23-22(27)19-13-18(10-11-20(19)30-2)31(28,29)24-14-16-7-4-5-8-17(16)15-25-12-6-9-21(25)26/h4-5,7-8,10-11,13,24H,3,6,9,12,14-15H2,1-2H3,(H,23,27). The Kier molecular flexibility index (Phi) is 7.29. The molecular formula is C22H27N3O5S. The van der Waals surface area contributed by atoms with E-state index in [1.165, 1.54) is 25.3 Å². The molecule has 0 aliphatic carbocycles. The van der Waals surface area contributed by atoms with Gasteiger partial charge in [-0.25, -0.2) is 13.1 Å². The van der Waals surface area contributed by atoms with Crippen LogP contribution in [0.15, 0.2) is 47.4 Å². The molecule has 0 unspecified atom stereocenters. The van der Waals surface area contributed by atoms with Crippen LogP contribution in [0.1, 0.15) is 41.3 Å². The number of nitrogens with zero attached hydrogens (tertiary/aromatic N) is 1. The van der Waals surface area contributed by atoms with Gasteiger partial charge in [-0.1, -0.05) is 24.3 Å². The molecular weight excluding hydrogens is 418 g/mol. The molecule has 166 valence electrons. The summed E-state index contributed by atoms with van der Waals surface area (Å²) in [7, 11) is -2.45. The Bertz CT molecular complexity index is 1070. The number of methoxy groups -OCH3 is 1. The topological polar surface area (TPSA) is 105 Å². The predicted octanol–water partition coefficient (Wildman–Crippen LogP) is 2.05. The Balaban J connectivity index is 1.78. The normalized spacial score (nSPS) is 14.0. The van der Waals surface area contributed by atoms with Gasteiger partial charge in [0.05, 0.1) is 17.6 Å². The minimum Gasteiger partial charge on any atom is -0.496 e. The Labute approximate surface area is 182 Å². The molecule has 0 radical (unpaired) electrons. The monoisotopic (exact) mass is 445 g/mol. The lowest BCUT2D eigenvalue weighted by Gasteiger charge is -2.18. The van der Waals surface area contributed by atoms with Gasteiger partial charge in [-0.3, -0.25) is 9.59 Å². The van der Waals surface area contributed by atoms with Gasteiger partial charge in [-0.15, -0.1) is 0 Å². The molecule has 2 amide bonds. The van der Waals surface area contributed by atoms with E-state index in [1.54, 1.807) is 11.8 Å². The van der Waals surface area contributed by atoms with Crippen LogP contribution in [-0.2, 0) is 27.9 Å². The highest BCUT2D eigenvalue weighted by Crippen LogP contribution is 2.23. The lowest BCUT2D eigenvalue weighted by atomic mass is 10.1. The van der Waals surface area contributed by atoms with E-state index in [0.717, 1.165) is 17.5 Å². The second-order valence-corrected chi connectivity index (χ2v) is 9.00. The van der Waals surface area contributed by atoms with Crippen molar-refractivity contribution in [2.75, 3.05) is 20.2 Å². The summed E-state index contributed by atoms with van der Waals surface area (Å²) in [5.74, 6) is 0.00838. The van der Waals surface area contributed by atoms with Crippen LogP contribution in [0.25, 0.3) is 0 Å². The summed E-state index contributed by atoms with van der Waals surface area (Å²) >= 11 is 0. The maximum absolute atomic E-state index is 12.9. The minimum atomic E-state index is -3.88. The molecule has 1 heterocycles. The molecule has 8 nitrogen and oxygen atoms in total. The van der Waals surface area contributed by atoms with Gasteiger partial charge in [0.2, 0.25) is 15.9 Å². The molecule has 0 aromatic heterocycles. The number of rotatable bonds is 9. The van der Waals surface area contributed by atoms with Crippen LogP contribution in [0.5, 0.6) is 5.75 Å². The van der Waals surface area contributed by atoms with Crippen LogP contribution in [0.4, 0.5) is 0 Å². The molecule has 9 heteroatoms. The van der Waals surface area contributed by atoms with Gasteiger partial charge in [-0.2, -0.15) is 0 Å². The van der Waals surface area contributed by atoms with Crippen molar-refractivity contribution in [3.63, 3.8) is 0 Å². The Morgan fingerprint density at radius 3 is 2.55 bits per heavy atom. The number of nitrogens with one attached hydrogen (secondary N) is 2. The van der Waals surface area contributed by atoms with E-state index in [9.17, 15) is 18.0 Å². The first-order valence-electron chi connectivity index (χ1n) is 10.2. The molecule has 1 saturated heterocycles. The van der Waals surface area contributed by atoms with Crippen LogP contribution in [0.3, 0.4) is 0 Å². The first-order valence-corrected chi connectivity index (χ1v) is 11.6. The van der Waals surface area contributed by atoms with Crippen LogP contribution < -0.4 is 14.8 Å². The first-order chi connectivity index (χ1) is 14.9. The number of carbonyl (C=O) groups is 2. The third-order valence-corrected chi connectivity index (χ3v) is 6.57. The quantitative estimate of drug-likeness (QED) is 0.615. The molecule has 0 saturated carbocycles. The number of carbonyl (C=O) groups excluding carboxylic acids is 2. The molecule has 2 aromatic rings. The molecule has 1 fully saturated rings. The van der Waals surface area contributed by atoms with Gasteiger partial charge in [0.25, 0.3) is 5.91 Å². The summed E-state index contributed by atoms with van der Waals surface area (Å²) in [6.07, 6.45) is 1.40. The average molecular weight is 446 g/mol. The molecule has 0 atom stereocenters. The number of amides is 2. The fraction of sp³-hybridized carbons (Fsp3) is 0.364. The summed E-state index contributed by atoms with van der Waals surface area (Å²) in [5.41, 5.74) is 1.85. The second-order valence-electron chi connectivity index (χ2n) is 7.23. The summed E-state index contributed by atoms with van der Waals surface area (Å²) in [5, 5.41) is 2.65. The molecule has 3 rings (SSSR count). The van der Waals surface area contributed by atoms with Crippen molar-refractivity contribution in [2.24, 2.45) is 0 Å². The number of benzene rings is 2. The van der Waals surface area contributed by atoms with E-state index in [-0.39, 0.29) is 22.9 Å². The highest BCUT2D eigenvalue weighted by Gasteiger charge is 2.22. The Hall–Kier alpha value is -2.91. The van der Waals surface area contributed by atoms with Gasteiger partial charge in [0.15, 0.2) is 0 Å². The molecule has 31 heavy (non-hydrogen) atoms. The zero-order valence-corrected chi connectivity index (χ0v) is 18.5. The molecule has 1 aliphatic heterocycles. The predicted molar refractivity (Wildman–Crippen MR) is 116 cm³/mol. The number of sulfonamides is 1. The minimum absolute atomic E-state index is 0.0262.